The number of aliphatic hydroxyl groups is 1. The lowest BCUT2D eigenvalue weighted by molar-refractivity contribution is 0.169. The standard InChI is InChI=1S/C19H19N3O2/c23-16-11-17(22(13-16)12-14-7-3-1-4-8-14)19-20-18(21-24-19)15-9-5-2-6-10-15/h1-10,16-17,23H,11-13H2. The maximum atomic E-state index is 10.1. The fourth-order valence-corrected chi connectivity index (χ4v) is 3.20. The smallest absolute Gasteiger partial charge is 0.244 e. The predicted molar refractivity (Wildman–Crippen MR) is 90.0 cm³/mol. The summed E-state index contributed by atoms with van der Waals surface area (Å²) in [5, 5.41) is 14.2. The van der Waals surface area contributed by atoms with Gasteiger partial charge in [0.05, 0.1) is 12.1 Å². The molecule has 1 N–H and O–H groups in total. The van der Waals surface area contributed by atoms with E-state index in [1.807, 2.05) is 48.5 Å². The largest absolute Gasteiger partial charge is 0.392 e. The van der Waals surface area contributed by atoms with Crippen molar-refractivity contribution >= 4 is 0 Å². The molecule has 0 bridgehead atoms. The zero-order valence-electron chi connectivity index (χ0n) is 13.2. The van der Waals surface area contributed by atoms with Crippen LogP contribution in [0.1, 0.15) is 23.9 Å². The molecule has 0 radical (unpaired) electrons. The Bertz CT molecular complexity index is 789. The van der Waals surface area contributed by atoms with E-state index in [0.29, 0.717) is 24.7 Å². The highest BCUT2D eigenvalue weighted by atomic mass is 16.5. The number of aliphatic hydroxyl groups excluding tert-OH is 1. The average molecular weight is 321 g/mol. The SMILES string of the molecule is OC1CC(c2nc(-c3ccccc3)no2)N(Cc2ccccc2)C1. The Morgan fingerprint density at radius 3 is 2.50 bits per heavy atom. The third kappa shape index (κ3) is 3.09. The fourth-order valence-electron chi connectivity index (χ4n) is 3.20. The summed E-state index contributed by atoms with van der Waals surface area (Å²) < 4.78 is 5.51. The number of likely N-dealkylation sites (tertiary alicyclic amines) is 1. The van der Waals surface area contributed by atoms with Crippen LogP contribution in [0.2, 0.25) is 0 Å². The molecule has 2 unspecified atom stereocenters. The Hall–Kier alpha value is -2.50. The molecule has 1 aromatic heterocycles. The Balaban J connectivity index is 1.57. The molecule has 2 atom stereocenters. The molecular formula is C19H19N3O2. The molecule has 1 saturated heterocycles. The highest BCUT2D eigenvalue weighted by Gasteiger charge is 2.35. The molecule has 0 spiro atoms. The van der Waals surface area contributed by atoms with Crippen LogP contribution in [0.4, 0.5) is 0 Å². The van der Waals surface area contributed by atoms with Crippen molar-refractivity contribution in [3.05, 3.63) is 72.1 Å². The van der Waals surface area contributed by atoms with Gasteiger partial charge < -0.3 is 9.63 Å². The lowest BCUT2D eigenvalue weighted by Crippen LogP contribution is -2.24. The van der Waals surface area contributed by atoms with Crippen LogP contribution in [-0.4, -0.2) is 32.8 Å². The zero-order chi connectivity index (χ0) is 16.4. The maximum absolute atomic E-state index is 10.1. The highest BCUT2D eigenvalue weighted by molar-refractivity contribution is 5.53. The quantitative estimate of drug-likeness (QED) is 0.800. The van der Waals surface area contributed by atoms with E-state index >= 15 is 0 Å². The maximum Gasteiger partial charge on any atom is 0.244 e. The second-order valence-electron chi connectivity index (χ2n) is 6.14. The van der Waals surface area contributed by atoms with E-state index in [0.717, 1.165) is 12.1 Å². The zero-order valence-corrected chi connectivity index (χ0v) is 13.2. The van der Waals surface area contributed by atoms with Crippen molar-refractivity contribution in [2.24, 2.45) is 0 Å². The molecule has 122 valence electrons. The van der Waals surface area contributed by atoms with Gasteiger partial charge in [-0.25, -0.2) is 0 Å². The third-order valence-electron chi connectivity index (χ3n) is 4.37. The Labute approximate surface area is 140 Å². The van der Waals surface area contributed by atoms with Gasteiger partial charge in [0.15, 0.2) is 0 Å². The minimum Gasteiger partial charge on any atom is -0.392 e. The normalized spacial score (nSPS) is 21.2. The number of hydrogen-bond acceptors (Lipinski definition) is 5. The molecule has 24 heavy (non-hydrogen) atoms. The van der Waals surface area contributed by atoms with Gasteiger partial charge in [0, 0.05) is 18.7 Å². The van der Waals surface area contributed by atoms with Gasteiger partial charge in [0.1, 0.15) is 0 Å². The van der Waals surface area contributed by atoms with Crippen LogP contribution in [0.15, 0.2) is 65.2 Å². The van der Waals surface area contributed by atoms with Gasteiger partial charge in [-0.2, -0.15) is 4.98 Å². The van der Waals surface area contributed by atoms with Gasteiger partial charge in [0.25, 0.3) is 0 Å². The first-order valence-electron chi connectivity index (χ1n) is 8.14. The lowest BCUT2D eigenvalue weighted by Gasteiger charge is -2.21. The second kappa shape index (κ2) is 6.55. The molecule has 5 heteroatoms. The first-order chi connectivity index (χ1) is 11.8. The fraction of sp³-hybridized carbons (Fsp3) is 0.263. The summed E-state index contributed by atoms with van der Waals surface area (Å²) in [6.07, 6.45) is 0.245. The highest BCUT2D eigenvalue weighted by Crippen LogP contribution is 2.33. The Morgan fingerprint density at radius 1 is 1.04 bits per heavy atom. The summed E-state index contributed by atoms with van der Waals surface area (Å²) >= 11 is 0. The van der Waals surface area contributed by atoms with Crippen LogP contribution in [-0.2, 0) is 6.54 Å². The molecule has 1 aliphatic heterocycles. The second-order valence-corrected chi connectivity index (χ2v) is 6.14. The molecular weight excluding hydrogens is 302 g/mol. The van der Waals surface area contributed by atoms with Gasteiger partial charge in [-0.15, -0.1) is 0 Å². The van der Waals surface area contributed by atoms with Gasteiger partial charge in [-0.05, 0) is 12.0 Å². The van der Waals surface area contributed by atoms with Crippen LogP contribution in [0.3, 0.4) is 0 Å². The molecule has 4 rings (SSSR count). The number of β-amino-alcohol motifs (C(OH)–C–C–N with tert-alkyl or cyclic N) is 1. The van der Waals surface area contributed by atoms with Crippen molar-refractivity contribution in [3.8, 4) is 11.4 Å². The third-order valence-corrected chi connectivity index (χ3v) is 4.37. The van der Waals surface area contributed by atoms with Crippen molar-refractivity contribution < 1.29 is 9.63 Å². The molecule has 5 nitrogen and oxygen atoms in total. The van der Waals surface area contributed by atoms with Crippen molar-refractivity contribution in [3.63, 3.8) is 0 Å². The van der Waals surface area contributed by atoms with Crippen LogP contribution in [0, 0.1) is 0 Å². The van der Waals surface area contributed by atoms with E-state index in [1.54, 1.807) is 0 Å². The van der Waals surface area contributed by atoms with Crippen molar-refractivity contribution in [1.82, 2.24) is 15.0 Å². The Kier molecular flexibility index (Phi) is 4.11. The van der Waals surface area contributed by atoms with E-state index in [-0.39, 0.29) is 12.1 Å². The topological polar surface area (TPSA) is 62.4 Å². The average Bonchev–Trinajstić information content (AvgIpc) is 3.23. The summed E-state index contributed by atoms with van der Waals surface area (Å²) in [6, 6.07) is 20.0. The molecule has 3 aromatic rings. The van der Waals surface area contributed by atoms with E-state index in [1.165, 1.54) is 5.56 Å². The first-order valence-corrected chi connectivity index (χ1v) is 8.14. The van der Waals surface area contributed by atoms with Crippen molar-refractivity contribution in [2.45, 2.75) is 25.1 Å². The summed E-state index contributed by atoms with van der Waals surface area (Å²) in [7, 11) is 0. The monoisotopic (exact) mass is 321 g/mol. The number of hydrogen-bond donors (Lipinski definition) is 1. The Morgan fingerprint density at radius 2 is 1.75 bits per heavy atom. The lowest BCUT2D eigenvalue weighted by atomic mass is 10.1. The van der Waals surface area contributed by atoms with Gasteiger partial charge in [-0.1, -0.05) is 65.8 Å². The summed E-state index contributed by atoms with van der Waals surface area (Å²) in [6.45, 7) is 1.37. The summed E-state index contributed by atoms with van der Waals surface area (Å²) in [5.41, 5.74) is 2.14. The van der Waals surface area contributed by atoms with Crippen LogP contribution < -0.4 is 0 Å². The van der Waals surface area contributed by atoms with E-state index in [4.69, 9.17) is 4.52 Å². The molecule has 1 fully saturated rings. The summed E-state index contributed by atoms with van der Waals surface area (Å²) in [4.78, 5) is 6.75. The van der Waals surface area contributed by atoms with Crippen molar-refractivity contribution in [2.75, 3.05) is 6.54 Å². The van der Waals surface area contributed by atoms with E-state index in [2.05, 4.69) is 27.2 Å². The van der Waals surface area contributed by atoms with Crippen LogP contribution in [0.25, 0.3) is 11.4 Å². The molecule has 0 amide bonds. The number of nitrogens with zero attached hydrogens (tertiary/aromatic N) is 3. The van der Waals surface area contributed by atoms with Crippen LogP contribution in [0.5, 0.6) is 0 Å². The van der Waals surface area contributed by atoms with E-state index < -0.39 is 0 Å². The van der Waals surface area contributed by atoms with Crippen molar-refractivity contribution in [1.29, 1.82) is 0 Å². The molecule has 0 aliphatic carbocycles. The van der Waals surface area contributed by atoms with E-state index in [9.17, 15) is 5.11 Å². The number of rotatable bonds is 4. The van der Waals surface area contributed by atoms with Gasteiger partial charge in [-0.3, -0.25) is 4.90 Å². The number of aromatic nitrogens is 2. The predicted octanol–water partition coefficient (Wildman–Crippen LogP) is 3.04. The van der Waals surface area contributed by atoms with Crippen LogP contribution >= 0.6 is 0 Å². The van der Waals surface area contributed by atoms with Gasteiger partial charge in [0.2, 0.25) is 11.7 Å². The number of benzene rings is 2. The molecule has 0 saturated carbocycles. The molecule has 1 aliphatic rings. The summed E-state index contributed by atoms with van der Waals surface area (Å²) in [5.74, 6) is 1.16. The van der Waals surface area contributed by atoms with Gasteiger partial charge >= 0.3 is 0 Å². The first kappa shape index (κ1) is 15.1. The molecule has 2 aromatic carbocycles. The minimum absolute atomic E-state index is 0.0508. The minimum atomic E-state index is -0.370. The molecule has 2 heterocycles.